The molecule has 28 heavy (non-hydrogen) atoms. The van der Waals surface area contributed by atoms with Gasteiger partial charge in [0, 0.05) is 16.5 Å². The number of rotatable bonds is 4. The first-order valence-electron chi connectivity index (χ1n) is 8.76. The van der Waals surface area contributed by atoms with Crippen LogP contribution in [-0.2, 0) is 19.1 Å². The van der Waals surface area contributed by atoms with Crippen molar-refractivity contribution in [2.45, 2.75) is 5.92 Å². The van der Waals surface area contributed by atoms with Gasteiger partial charge in [-0.25, -0.2) is 4.52 Å². The van der Waals surface area contributed by atoms with Crippen LogP contribution in [-0.4, -0.2) is 35.8 Å². The minimum Gasteiger partial charge on any atom is -0.468 e. The molecule has 0 fully saturated rings. The second-order valence-corrected chi connectivity index (χ2v) is 6.32. The lowest BCUT2D eigenvalue weighted by atomic mass is 9.97. The summed E-state index contributed by atoms with van der Waals surface area (Å²) in [7, 11) is 2.50. The molecule has 0 aliphatic heterocycles. The molecule has 0 aliphatic rings. The fraction of sp³-hybridized carbons (Fsp3) is 0.136. The Morgan fingerprint density at radius 3 is 2.25 bits per heavy atom. The number of carbonyl (C=O) groups is 2. The van der Waals surface area contributed by atoms with Crippen molar-refractivity contribution in [3.8, 4) is 11.3 Å². The average molecular weight is 374 g/mol. The van der Waals surface area contributed by atoms with Crippen molar-refractivity contribution in [1.82, 2.24) is 9.61 Å². The highest BCUT2D eigenvalue weighted by Gasteiger charge is 2.34. The fourth-order valence-electron chi connectivity index (χ4n) is 3.47. The van der Waals surface area contributed by atoms with Crippen LogP contribution in [0.25, 0.3) is 27.5 Å². The average Bonchev–Trinajstić information content (AvgIpc) is 3.18. The summed E-state index contributed by atoms with van der Waals surface area (Å²) in [4.78, 5) is 24.8. The van der Waals surface area contributed by atoms with Crippen molar-refractivity contribution < 1.29 is 19.1 Å². The van der Waals surface area contributed by atoms with Gasteiger partial charge >= 0.3 is 11.9 Å². The van der Waals surface area contributed by atoms with E-state index in [1.807, 2.05) is 60.7 Å². The highest BCUT2D eigenvalue weighted by atomic mass is 16.5. The van der Waals surface area contributed by atoms with Crippen molar-refractivity contribution in [2.75, 3.05) is 14.2 Å². The van der Waals surface area contributed by atoms with Gasteiger partial charge in [0.1, 0.15) is 0 Å². The summed E-state index contributed by atoms with van der Waals surface area (Å²) in [6.07, 6.45) is 1.53. The molecule has 2 heterocycles. The lowest BCUT2D eigenvalue weighted by molar-refractivity contribution is -0.154. The highest BCUT2D eigenvalue weighted by Crippen LogP contribution is 2.33. The van der Waals surface area contributed by atoms with Crippen LogP contribution < -0.4 is 0 Å². The summed E-state index contributed by atoms with van der Waals surface area (Å²) in [5.41, 5.74) is 2.96. The van der Waals surface area contributed by atoms with Crippen molar-refractivity contribution in [2.24, 2.45) is 0 Å². The van der Waals surface area contributed by atoms with Gasteiger partial charge in [-0.1, -0.05) is 54.6 Å². The fourth-order valence-corrected chi connectivity index (χ4v) is 3.47. The van der Waals surface area contributed by atoms with E-state index < -0.39 is 17.9 Å². The number of aromatic nitrogens is 2. The number of methoxy groups -OCH3 is 2. The number of ether oxygens (including phenoxy) is 2. The third kappa shape index (κ3) is 2.79. The van der Waals surface area contributed by atoms with Gasteiger partial charge in [-0.3, -0.25) is 9.59 Å². The smallest absolute Gasteiger partial charge is 0.324 e. The first-order chi connectivity index (χ1) is 13.7. The number of carbonyl (C=O) groups excluding carboxylic acids is 2. The number of hydrogen-bond donors (Lipinski definition) is 0. The Morgan fingerprint density at radius 1 is 0.929 bits per heavy atom. The molecule has 2 aromatic heterocycles. The molecule has 0 bridgehead atoms. The Kier molecular flexibility index (Phi) is 4.53. The molecule has 0 radical (unpaired) electrons. The lowest BCUT2D eigenvalue weighted by Gasteiger charge is -2.14. The quantitative estimate of drug-likeness (QED) is 0.403. The van der Waals surface area contributed by atoms with E-state index >= 15 is 0 Å². The maximum atomic E-state index is 12.4. The SMILES string of the molecule is COC(=O)C(C(=O)OC)c1cnn2c(-c3ccccc3)cc3ccccc3c12. The first-order valence-corrected chi connectivity index (χ1v) is 8.76. The third-order valence-electron chi connectivity index (χ3n) is 4.79. The van der Waals surface area contributed by atoms with Gasteiger partial charge in [-0.15, -0.1) is 0 Å². The summed E-state index contributed by atoms with van der Waals surface area (Å²) in [6.45, 7) is 0. The Bertz CT molecular complexity index is 1170. The van der Waals surface area contributed by atoms with E-state index in [4.69, 9.17) is 9.47 Å². The second kappa shape index (κ2) is 7.15. The Hall–Kier alpha value is -3.67. The molecular formula is C22H18N2O4. The van der Waals surface area contributed by atoms with Gasteiger partial charge in [-0.05, 0) is 11.5 Å². The van der Waals surface area contributed by atoms with Crippen molar-refractivity contribution >= 4 is 28.2 Å². The van der Waals surface area contributed by atoms with E-state index in [0.717, 1.165) is 22.0 Å². The van der Waals surface area contributed by atoms with Crippen molar-refractivity contribution in [3.05, 3.63) is 72.4 Å². The third-order valence-corrected chi connectivity index (χ3v) is 4.79. The van der Waals surface area contributed by atoms with E-state index in [2.05, 4.69) is 5.10 Å². The standard InChI is InChI=1S/C22H18N2O4/c1-27-21(25)19(22(26)28-2)17-13-23-24-18(14-8-4-3-5-9-14)12-15-10-6-7-11-16(15)20(17)24/h3-13,19H,1-2H3. The zero-order chi connectivity index (χ0) is 19.7. The van der Waals surface area contributed by atoms with Crippen LogP contribution in [0.5, 0.6) is 0 Å². The molecule has 4 aromatic rings. The van der Waals surface area contributed by atoms with Gasteiger partial charge in [-0.2, -0.15) is 5.10 Å². The second-order valence-electron chi connectivity index (χ2n) is 6.32. The molecule has 0 unspecified atom stereocenters. The molecule has 0 aliphatic carbocycles. The first kappa shape index (κ1) is 17.7. The van der Waals surface area contributed by atoms with Crippen LogP contribution in [0, 0.1) is 0 Å². The minimum absolute atomic E-state index is 0.452. The monoisotopic (exact) mass is 374 g/mol. The normalized spacial score (nSPS) is 11.1. The van der Waals surface area contributed by atoms with E-state index in [1.165, 1.54) is 20.4 Å². The molecule has 0 atom stereocenters. The van der Waals surface area contributed by atoms with Crippen LogP contribution in [0.2, 0.25) is 0 Å². The van der Waals surface area contributed by atoms with Gasteiger partial charge in [0.05, 0.1) is 31.6 Å². The van der Waals surface area contributed by atoms with Crippen LogP contribution in [0.3, 0.4) is 0 Å². The number of fused-ring (bicyclic) bond motifs is 3. The summed E-state index contributed by atoms with van der Waals surface area (Å²) in [6, 6.07) is 19.7. The number of hydrogen-bond acceptors (Lipinski definition) is 5. The maximum absolute atomic E-state index is 12.4. The van der Waals surface area contributed by atoms with Gasteiger partial charge in [0.15, 0.2) is 5.92 Å². The van der Waals surface area contributed by atoms with E-state index in [-0.39, 0.29) is 0 Å². The predicted octanol–water partition coefficient (Wildman–Crippen LogP) is 3.58. The molecule has 0 spiro atoms. The van der Waals surface area contributed by atoms with Crippen LogP contribution in [0.15, 0.2) is 66.9 Å². The topological polar surface area (TPSA) is 69.9 Å². The molecule has 6 heteroatoms. The molecule has 4 rings (SSSR count). The van der Waals surface area contributed by atoms with Crippen LogP contribution in [0.4, 0.5) is 0 Å². The van der Waals surface area contributed by atoms with Crippen LogP contribution in [0.1, 0.15) is 11.5 Å². The molecular weight excluding hydrogens is 356 g/mol. The van der Waals surface area contributed by atoms with Crippen LogP contribution >= 0.6 is 0 Å². The summed E-state index contributed by atoms with van der Waals surface area (Å²) in [5.74, 6) is -2.58. The van der Waals surface area contributed by atoms with E-state index in [9.17, 15) is 9.59 Å². The molecule has 6 nitrogen and oxygen atoms in total. The van der Waals surface area contributed by atoms with E-state index in [1.54, 1.807) is 4.52 Å². The zero-order valence-electron chi connectivity index (χ0n) is 15.5. The van der Waals surface area contributed by atoms with Crippen molar-refractivity contribution in [1.29, 1.82) is 0 Å². The minimum atomic E-state index is -1.21. The van der Waals surface area contributed by atoms with Gasteiger partial charge < -0.3 is 9.47 Å². The Morgan fingerprint density at radius 2 is 1.57 bits per heavy atom. The highest BCUT2D eigenvalue weighted by molar-refractivity contribution is 6.07. The molecule has 0 N–H and O–H groups in total. The van der Waals surface area contributed by atoms with Gasteiger partial charge in [0.25, 0.3) is 0 Å². The van der Waals surface area contributed by atoms with E-state index in [0.29, 0.717) is 11.1 Å². The molecule has 140 valence electrons. The summed E-state index contributed by atoms with van der Waals surface area (Å²) < 4.78 is 11.5. The summed E-state index contributed by atoms with van der Waals surface area (Å²) >= 11 is 0. The van der Waals surface area contributed by atoms with Crippen molar-refractivity contribution in [3.63, 3.8) is 0 Å². The Labute approximate surface area is 161 Å². The number of pyridine rings is 1. The summed E-state index contributed by atoms with van der Waals surface area (Å²) in [5, 5.41) is 6.36. The molecule has 2 aromatic carbocycles. The lowest BCUT2D eigenvalue weighted by Crippen LogP contribution is -2.24. The number of esters is 2. The number of nitrogens with zero attached hydrogens (tertiary/aromatic N) is 2. The maximum Gasteiger partial charge on any atom is 0.324 e. The number of benzene rings is 2. The predicted molar refractivity (Wildman–Crippen MR) is 105 cm³/mol. The van der Waals surface area contributed by atoms with Gasteiger partial charge in [0.2, 0.25) is 0 Å². The largest absolute Gasteiger partial charge is 0.468 e. The zero-order valence-corrected chi connectivity index (χ0v) is 15.5. The molecule has 0 amide bonds. The molecule has 0 saturated heterocycles. The Balaban J connectivity index is 2.09. The molecule has 0 saturated carbocycles.